The summed E-state index contributed by atoms with van der Waals surface area (Å²) in [4.78, 5) is 54.6. The molecule has 0 aromatic carbocycles. The maximum absolute atomic E-state index is 11.4. The van der Waals surface area contributed by atoms with Gasteiger partial charge in [-0.3, -0.25) is 4.79 Å². The van der Waals surface area contributed by atoms with Gasteiger partial charge in [-0.05, 0) is 73.1 Å². The number of ether oxygens (including phenoxy) is 4. The summed E-state index contributed by atoms with van der Waals surface area (Å²) >= 11 is 0. The Kier molecular flexibility index (Phi) is 16.2. The number of rotatable bonds is 3. The van der Waals surface area contributed by atoms with Crippen molar-refractivity contribution in [3.8, 4) is 0 Å². The molecule has 0 aliphatic heterocycles. The van der Waals surface area contributed by atoms with E-state index in [0.29, 0.717) is 0 Å². The molecule has 0 saturated carbocycles. The minimum absolute atomic E-state index is 0.341. The first-order valence-electron chi connectivity index (χ1n) is 12.6. The van der Waals surface area contributed by atoms with Crippen molar-refractivity contribution in [2.24, 2.45) is 16.6 Å². The molecule has 0 aromatic rings. The monoisotopic (exact) mass is 580 g/mol. The molecule has 13 heteroatoms. The molecule has 236 valence electrons. The van der Waals surface area contributed by atoms with Gasteiger partial charge >= 0.3 is 30.3 Å². The number of carboxylic acids is 2. The third kappa shape index (κ3) is 25.2. The van der Waals surface area contributed by atoms with Crippen LogP contribution in [0.15, 0.2) is 0 Å². The minimum atomic E-state index is -1.07. The lowest BCUT2D eigenvalue weighted by Crippen LogP contribution is -2.50. The van der Waals surface area contributed by atoms with Crippen LogP contribution >= 0.6 is 0 Å². The third-order valence-corrected chi connectivity index (χ3v) is 3.92. The highest BCUT2D eigenvalue weighted by Gasteiger charge is 2.34. The molecule has 40 heavy (non-hydrogen) atoms. The second-order valence-electron chi connectivity index (χ2n) is 14.0. The van der Waals surface area contributed by atoms with Gasteiger partial charge in [0.1, 0.15) is 28.9 Å². The first-order valence-corrected chi connectivity index (χ1v) is 12.6. The van der Waals surface area contributed by atoms with E-state index in [9.17, 15) is 24.0 Å². The number of carbonyl (C=O) groups excluding carboxylic acids is 3. The standard InChI is InChI=1S/C11H21NO4.C10H18O5.C6H13NO2/c1-10(2,3)7(8(13)14)12-9(15)16-11(4,5)6;1-9(2,3)14-7(11)13-8(12)15-10(4,5)6;1-6(2,3)4(7)5(8)9/h7H,1-6H3,(H,12,15)(H,13,14);1-6H3;4H,7H2,1-3H3,(H,8,9)/t7-;;4-/m1.1/s1. The second kappa shape index (κ2) is 15.6. The summed E-state index contributed by atoms with van der Waals surface area (Å²) in [6, 6.07) is -1.74. The molecule has 0 radical (unpaired) electrons. The number of amides is 1. The number of nitrogens with two attached hydrogens (primary N) is 1. The summed E-state index contributed by atoms with van der Waals surface area (Å²) in [7, 11) is 0. The van der Waals surface area contributed by atoms with Gasteiger partial charge < -0.3 is 40.2 Å². The Morgan fingerprint density at radius 3 is 1.07 bits per heavy atom. The molecule has 1 amide bonds. The average molecular weight is 581 g/mol. The quantitative estimate of drug-likeness (QED) is 0.190. The van der Waals surface area contributed by atoms with Crippen LogP contribution in [0.5, 0.6) is 0 Å². The first kappa shape index (κ1) is 41.4. The minimum Gasteiger partial charge on any atom is -0.480 e. The van der Waals surface area contributed by atoms with Gasteiger partial charge in [-0.2, -0.15) is 0 Å². The summed E-state index contributed by atoms with van der Waals surface area (Å²) in [6.07, 6.45) is -2.83. The van der Waals surface area contributed by atoms with Crippen LogP contribution < -0.4 is 11.1 Å². The summed E-state index contributed by atoms with van der Waals surface area (Å²) in [5, 5.41) is 19.7. The Bertz CT molecular complexity index is 824. The Morgan fingerprint density at radius 2 is 0.900 bits per heavy atom. The fourth-order valence-electron chi connectivity index (χ4n) is 2.05. The molecule has 0 heterocycles. The van der Waals surface area contributed by atoms with E-state index in [1.807, 2.05) is 0 Å². The molecule has 13 nitrogen and oxygen atoms in total. The van der Waals surface area contributed by atoms with Crippen LogP contribution in [0.1, 0.15) is 104 Å². The number of alkyl carbamates (subject to hydrolysis) is 1. The zero-order chi connectivity index (χ0) is 33.1. The largest absolute Gasteiger partial charge is 0.519 e. The van der Waals surface area contributed by atoms with Crippen molar-refractivity contribution in [2.75, 3.05) is 0 Å². The molecule has 0 rings (SSSR count). The summed E-state index contributed by atoms with van der Waals surface area (Å²) in [5.74, 6) is -2.01. The molecule has 2 atom stereocenters. The van der Waals surface area contributed by atoms with Gasteiger partial charge in [0, 0.05) is 0 Å². The molecule has 0 aromatic heterocycles. The molecule has 0 aliphatic rings. The van der Waals surface area contributed by atoms with Gasteiger partial charge in [0.25, 0.3) is 0 Å². The zero-order valence-electron chi connectivity index (χ0n) is 26.8. The lowest BCUT2D eigenvalue weighted by Gasteiger charge is -2.29. The van der Waals surface area contributed by atoms with E-state index in [1.54, 1.807) is 104 Å². The Labute approximate surface area is 238 Å². The second-order valence-corrected chi connectivity index (χ2v) is 14.0. The van der Waals surface area contributed by atoms with E-state index in [0.717, 1.165) is 0 Å². The Morgan fingerprint density at radius 1 is 0.575 bits per heavy atom. The number of hydrogen-bond acceptors (Lipinski definition) is 10. The molecular formula is C27H52N2O11. The molecule has 0 saturated heterocycles. The highest BCUT2D eigenvalue weighted by Crippen LogP contribution is 2.20. The van der Waals surface area contributed by atoms with Crippen LogP contribution in [0.25, 0.3) is 0 Å². The number of carboxylic acid groups (broad SMARTS) is 2. The summed E-state index contributed by atoms with van der Waals surface area (Å²) < 4.78 is 18.8. The van der Waals surface area contributed by atoms with Crippen molar-refractivity contribution in [1.29, 1.82) is 0 Å². The molecule has 0 bridgehead atoms. The van der Waals surface area contributed by atoms with E-state index in [2.05, 4.69) is 10.1 Å². The predicted molar refractivity (Wildman–Crippen MR) is 149 cm³/mol. The van der Waals surface area contributed by atoms with Gasteiger partial charge in [0.05, 0.1) is 0 Å². The van der Waals surface area contributed by atoms with Crippen LogP contribution in [0.2, 0.25) is 0 Å². The predicted octanol–water partition coefficient (Wildman–Crippen LogP) is 5.33. The van der Waals surface area contributed by atoms with Gasteiger partial charge in [-0.15, -0.1) is 0 Å². The molecule has 0 aliphatic carbocycles. The maximum atomic E-state index is 11.4. The van der Waals surface area contributed by atoms with E-state index in [1.165, 1.54) is 0 Å². The molecular weight excluding hydrogens is 528 g/mol. The first-order chi connectivity index (χ1) is 17.3. The van der Waals surface area contributed by atoms with Gasteiger partial charge in [0.15, 0.2) is 0 Å². The fraction of sp³-hybridized carbons (Fsp3) is 0.815. The van der Waals surface area contributed by atoms with Crippen LogP contribution in [0.3, 0.4) is 0 Å². The van der Waals surface area contributed by atoms with Crippen LogP contribution in [-0.4, -0.2) is 69.4 Å². The van der Waals surface area contributed by atoms with Gasteiger partial charge in [-0.25, -0.2) is 19.2 Å². The lowest BCUT2D eigenvalue weighted by molar-refractivity contribution is -0.142. The van der Waals surface area contributed by atoms with Crippen molar-refractivity contribution in [2.45, 2.75) is 133 Å². The number of carbonyl (C=O) groups is 5. The van der Waals surface area contributed by atoms with Gasteiger partial charge in [-0.1, -0.05) is 41.5 Å². The number of aliphatic carboxylic acids is 2. The van der Waals surface area contributed by atoms with E-state index in [-0.39, 0.29) is 5.41 Å². The third-order valence-electron chi connectivity index (χ3n) is 3.92. The highest BCUT2D eigenvalue weighted by atomic mass is 16.8. The smallest absolute Gasteiger partial charge is 0.480 e. The van der Waals surface area contributed by atoms with Crippen LogP contribution in [0, 0.1) is 10.8 Å². The number of nitrogens with one attached hydrogen (secondary N) is 1. The van der Waals surface area contributed by atoms with E-state index in [4.69, 9.17) is 30.2 Å². The van der Waals surface area contributed by atoms with Crippen molar-refractivity contribution >= 4 is 30.3 Å². The Hall–Kier alpha value is -3.09. The fourth-order valence-corrected chi connectivity index (χ4v) is 2.05. The highest BCUT2D eigenvalue weighted by molar-refractivity contribution is 5.80. The molecule has 0 spiro atoms. The Balaban J connectivity index is -0.000000534. The SMILES string of the molecule is CC(C)(C)OC(=O)N[C@H](C(=O)O)C(C)(C)C.CC(C)(C)OC(=O)OC(=O)OC(C)(C)C.CC(C)(C)[C@H](N)C(=O)O. The maximum Gasteiger partial charge on any atom is 0.519 e. The van der Waals surface area contributed by atoms with Crippen LogP contribution in [-0.2, 0) is 28.5 Å². The number of hydrogen-bond donors (Lipinski definition) is 4. The van der Waals surface area contributed by atoms with Crippen molar-refractivity contribution in [1.82, 2.24) is 5.32 Å². The topological polar surface area (TPSA) is 201 Å². The molecule has 0 unspecified atom stereocenters. The lowest BCUT2D eigenvalue weighted by atomic mass is 9.87. The van der Waals surface area contributed by atoms with E-state index < -0.39 is 64.6 Å². The molecule has 5 N–H and O–H groups in total. The normalized spacial score (nSPS) is 13.5. The van der Waals surface area contributed by atoms with Gasteiger partial charge in [0.2, 0.25) is 0 Å². The summed E-state index contributed by atoms with van der Waals surface area (Å²) in [6.45, 7) is 25.8. The van der Waals surface area contributed by atoms with Crippen molar-refractivity contribution in [3.05, 3.63) is 0 Å². The zero-order valence-corrected chi connectivity index (χ0v) is 26.8. The average Bonchev–Trinajstić information content (AvgIpc) is 2.59. The van der Waals surface area contributed by atoms with Crippen molar-refractivity contribution in [3.63, 3.8) is 0 Å². The van der Waals surface area contributed by atoms with Crippen molar-refractivity contribution < 1.29 is 53.1 Å². The van der Waals surface area contributed by atoms with E-state index >= 15 is 0 Å². The molecule has 0 fully saturated rings. The van der Waals surface area contributed by atoms with Crippen LogP contribution in [0.4, 0.5) is 14.4 Å². The summed E-state index contributed by atoms with van der Waals surface area (Å²) in [5.41, 5.74) is 2.36.